The van der Waals surface area contributed by atoms with Gasteiger partial charge in [-0.25, -0.2) is 0 Å². The molecule has 1 aromatic heterocycles. The van der Waals surface area contributed by atoms with Crippen molar-refractivity contribution >= 4 is 0 Å². The van der Waals surface area contributed by atoms with Crippen LogP contribution in [0.5, 0.6) is 5.75 Å². The number of nitrogens with zero attached hydrogens (tertiary/aromatic N) is 1. The van der Waals surface area contributed by atoms with E-state index in [0.717, 1.165) is 24.5 Å². The van der Waals surface area contributed by atoms with Crippen LogP contribution in [0.2, 0.25) is 0 Å². The summed E-state index contributed by atoms with van der Waals surface area (Å²) >= 11 is 0. The van der Waals surface area contributed by atoms with E-state index < -0.39 is 0 Å². The molecule has 0 fully saturated rings. The first kappa shape index (κ1) is 9.99. The number of hydrogen-bond acceptors (Lipinski definition) is 3. The lowest BCUT2D eigenvalue weighted by Gasteiger charge is -2.05. The summed E-state index contributed by atoms with van der Waals surface area (Å²) in [4.78, 5) is 4.13. The maximum atomic E-state index is 5.44. The van der Waals surface area contributed by atoms with E-state index in [2.05, 4.69) is 17.2 Å². The zero-order chi connectivity index (χ0) is 9.52. The van der Waals surface area contributed by atoms with Gasteiger partial charge in [0.05, 0.1) is 6.20 Å². The highest BCUT2D eigenvalue weighted by molar-refractivity contribution is 5.18. The first-order chi connectivity index (χ1) is 6.33. The van der Waals surface area contributed by atoms with E-state index in [1.807, 2.05) is 19.1 Å². The van der Waals surface area contributed by atoms with Crippen LogP contribution in [-0.4, -0.2) is 24.7 Å². The summed E-state index contributed by atoms with van der Waals surface area (Å²) in [5.41, 5.74) is 1.01. The average molecular weight is 180 g/mol. The molecule has 0 atom stereocenters. The van der Waals surface area contributed by atoms with Crippen LogP contribution >= 0.6 is 0 Å². The third-order valence-electron chi connectivity index (χ3n) is 1.68. The molecule has 0 aliphatic heterocycles. The Labute approximate surface area is 79.1 Å². The molecule has 3 nitrogen and oxygen atoms in total. The molecule has 0 saturated carbocycles. The number of aryl methyl sites for hydroxylation is 1. The van der Waals surface area contributed by atoms with Gasteiger partial charge in [-0.15, -0.1) is 0 Å². The van der Waals surface area contributed by atoms with Gasteiger partial charge in [0.2, 0.25) is 0 Å². The molecule has 0 bridgehead atoms. The first-order valence-corrected chi connectivity index (χ1v) is 4.59. The Balaban J connectivity index is 2.25. The van der Waals surface area contributed by atoms with Crippen LogP contribution in [0.4, 0.5) is 0 Å². The van der Waals surface area contributed by atoms with E-state index in [-0.39, 0.29) is 0 Å². The van der Waals surface area contributed by atoms with Gasteiger partial charge >= 0.3 is 0 Å². The number of rotatable bonds is 5. The third-order valence-corrected chi connectivity index (χ3v) is 1.68. The minimum atomic E-state index is 0.693. The Morgan fingerprint density at radius 1 is 1.46 bits per heavy atom. The van der Waals surface area contributed by atoms with Gasteiger partial charge in [0.25, 0.3) is 0 Å². The number of likely N-dealkylation sites (N-methyl/N-ethyl adjacent to an activating group) is 1. The second kappa shape index (κ2) is 5.54. The molecular weight excluding hydrogens is 164 g/mol. The van der Waals surface area contributed by atoms with E-state index in [9.17, 15) is 0 Å². The monoisotopic (exact) mass is 180 g/mol. The van der Waals surface area contributed by atoms with Crippen LogP contribution < -0.4 is 10.1 Å². The first-order valence-electron chi connectivity index (χ1n) is 4.59. The Bertz CT molecular complexity index is 233. The molecule has 13 heavy (non-hydrogen) atoms. The second-order valence-corrected chi connectivity index (χ2v) is 2.84. The highest BCUT2D eigenvalue weighted by Gasteiger charge is 1.92. The maximum Gasteiger partial charge on any atom is 0.137 e. The van der Waals surface area contributed by atoms with Crippen molar-refractivity contribution in [3.05, 3.63) is 24.0 Å². The lowest BCUT2D eigenvalue weighted by Crippen LogP contribution is -2.20. The fraction of sp³-hybridized carbons (Fsp3) is 0.500. The van der Waals surface area contributed by atoms with Crippen LogP contribution in [0.15, 0.2) is 18.3 Å². The van der Waals surface area contributed by atoms with Gasteiger partial charge < -0.3 is 10.1 Å². The summed E-state index contributed by atoms with van der Waals surface area (Å²) in [6, 6.07) is 3.89. The van der Waals surface area contributed by atoms with E-state index >= 15 is 0 Å². The van der Waals surface area contributed by atoms with Crippen LogP contribution in [0, 0.1) is 6.92 Å². The average Bonchev–Trinajstić information content (AvgIpc) is 2.15. The molecule has 0 saturated heterocycles. The van der Waals surface area contributed by atoms with E-state index in [0.29, 0.717) is 6.61 Å². The Morgan fingerprint density at radius 2 is 2.31 bits per heavy atom. The third kappa shape index (κ3) is 3.90. The van der Waals surface area contributed by atoms with Crippen LogP contribution in [-0.2, 0) is 0 Å². The summed E-state index contributed by atoms with van der Waals surface area (Å²) in [6.45, 7) is 6.59. The zero-order valence-corrected chi connectivity index (χ0v) is 8.21. The van der Waals surface area contributed by atoms with Gasteiger partial charge in [0, 0.05) is 12.2 Å². The summed E-state index contributed by atoms with van der Waals surface area (Å²) in [5, 5.41) is 3.18. The van der Waals surface area contributed by atoms with Gasteiger partial charge in [-0.3, -0.25) is 4.98 Å². The molecule has 1 N–H and O–H groups in total. The molecule has 0 radical (unpaired) electrons. The maximum absolute atomic E-state index is 5.44. The van der Waals surface area contributed by atoms with Crippen molar-refractivity contribution in [3.8, 4) is 5.75 Å². The summed E-state index contributed by atoms with van der Waals surface area (Å²) < 4.78 is 5.44. The highest BCUT2D eigenvalue weighted by atomic mass is 16.5. The summed E-state index contributed by atoms with van der Waals surface area (Å²) in [7, 11) is 0. The van der Waals surface area contributed by atoms with Crippen molar-refractivity contribution in [2.45, 2.75) is 13.8 Å². The van der Waals surface area contributed by atoms with E-state index in [4.69, 9.17) is 4.74 Å². The summed E-state index contributed by atoms with van der Waals surface area (Å²) in [5.74, 6) is 0.837. The van der Waals surface area contributed by atoms with Gasteiger partial charge in [0.15, 0.2) is 0 Å². The Morgan fingerprint density at radius 3 is 2.92 bits per heavy atom. The van der Waals surface area contributed by atoms with Crippen molar-refractivity contribution in [1.29, 1.82) is 0 Å². The molecule has 1 heterocycles. The molecular formula is C10H16N2O. The number of ether oxygens (including phenoxy) is 1. The molecule has 0 aliphatic carbocycles. The van der Waals surface area contributed by atoms with Gasteiger partial charge in [0.1, 0.15) is 12.4 Å². The predicted octanol–water partition coefficient (Wildman–Crippen LogP) is 1.38. The predicted molar refractivity (Wildman–Crippen MR) is 53.0 cm³/mol. The van der Waals surface area contributed by atoms with Crippen molar-refractivity contribution < 1.29 is 4.74 Å². The smallest absolute Gasteiger partial charge is 0.137 e. The Kier molecular flexibility index (Phi) is 4.26. The zero-order valence-electron chi connectivity index (χ0n) is 8.21. The van der Waals surface area contributed by atoms with Crippen molar-refractivity contribution in [3.63, 3.8) is 0 Å². The molecule has 1 aromatic rings. The lowest BCUT2D eigenvalue weighted by molar-refractivity contribution is 0.314. The quantitative estimate of drug-likeness (QED) is 0.695. The molecule has 1 rings (SSSR count). The van der Waals surface area contributed by atoms with Crippen LogP contribution in [0.3, 0.4) is 0 Å². The van der Waals surface area contributed by atoms with E-state index in [1.165, 1.54) is 0 Å². The fourth-order valence-electron chi connectivity index (χ4n) is 0.957. The molecule has 0 aliphatic rings. The molecule has 0 spiro atoms. The fourth-order valence-corrected chi connectivity index (χ4v) is 0.957. The molecule has 0 amide bonds. The number of pyridine rings is 1. The number of hydrogen-bond donors (Lipinski definition) is 1. The number of nitrogens with one attached hydrogen (secondary N) is 1. The van der Waals surface area contributed by atoms with Gasteiger partial charge in [-0.2, -0.15) is 0 Å². The second-order valence-electron chi connectivity index (χ2n) is 2.84. The lowest BCUT2D eigenvalue weighted by atomic mass is 10.4. The van der Waals surface area contributed by atoms with Gasteiger partial charge in [-0.05, 0) is 25.6 Å². The largest absolute Gasteiger partial charge is 0.491 e. The minimum absolute atomic E-state index is 0.693. The van der Waals surface area contributed by atoms with Crippen LogP contribution in [0.25, 0.3) is 0 Å². The molecule has 0 aromatic carbocycles. The molecule has 72 valence electrons. The standard InChI is InChI=1S/C10H16N2O/c1-3-11-6-7-13-10-5-4-9(2)12-8-10/h4-5,8,11H,3,6-7H2,1-2H3. The van der Waals surface area contributed by atoms with Crippen molar-refractivity contribution in [2.24, 2.45) is 0 Å². The van der Waals surface area contributed by atoms with E-state index in [1.54, 1.807) is 6.20 Å². The summed E-state index contributed by atoms with van der Waals surface area (Å²) in [6.07, 6.45) is 1.75. The highest BCUT2D eigenvalue weighted by Crippen LogP contribution is 2.07. The molecule has 0 unspecified atom stereocenters. The van der Waals surface area contributed by atoms with Crippen molar-refractivity contribution in [1.82, 2.24) is 10.3 Å². The SMILES string of the molecule is CCNCCOc1ccc(C)nc1. The van der Waals surface area contributed by atoms with Gasteiger partial charge in [-0.1, -0.05) is 6.92 Å². The molecule has 3 heteroatoms. The number of aromatic nitrogens is 1. The Hall–Kier alpha value is -1.09. The van der Waals surface area contributed by atoms with Crippen LogP contribution in [0.1, 0.15) is 12.6 Å². The normalized spacial score (nSPS) is 10.0. The topological polar surface area (TPSA) is 34.1 Å². The van der Waals surface area contributed by atoms with Crippen molar-refractivity contribution in [2.75, 3.05) is 19.7 Å². The minimum Gasteiger partial charge on any atom is -0.491 e.